The minimum Gasteiger partial charge on any atom is -0.494 e. The maximum atomic E-state index is 11.2. The molecule has 0 spiro atoms. The number of methoxy groups -OCH3 is 1. The Bertz CT molecular complexity index is 1200. The Balaban J connectivity index is 1.55. The molecule has 170 valence electrons. The van der Waals surface area contributed by atoms with Crippen LogP contribution in [-0.4, -0.2) is 29.2 Å². The van der Waals surface area contributed by atoms with Crippen molar-refractivity contribution in [2.24, 2.45) is 0 Å². The maximum absolute atomic E-state index is 11.2. The van der Waals surface area contributed by atoms with E-state index in [9.17, 15) is 4.79 Å². The lowest BCUT2D eigenvalue weighted by Crippen LogP contribution is -2.01. The summed E-state index contributed by atoms with van der Waals surface area (Å²) < 4.78 is 12.9. The molecule has 0 bridgehead atoms. The number of esters is 1. The normalized spacial score (nSPS) is 11.0. The number of hydrogen-bond donors (Lipinski definition) is 0. The quantitative estimate of drug-likeness (QED) is 0.197. The highest BCUT2D eigenvalue weighted by Crippen LogP contribution is 2.34. The van der Waals surface area contributed by atoms with Gasteiger partial charge >= 0.3 is 5.97 Å². The van der Waals surface area contributed by atoms with Crippen molar-refractivity contribution >= 4 is 28.8 Å². The van der Waals surface area contributed by atoms with Gasteiger partial charge in [-0.15, -0.1) is 0 Å². The summed E-state index contributed by atoms with van der Waals surface area (Å²) in [5, 5.41) is 0.917. The Hall–Kier alpha value is -3.25. The molecule has 3 aromatic carbocycles. The minimum absolute atomic E-state index is 0.157. The lowest BCUT2D eigenvalue weighted by Gasteiger charge is -2.11. The average molecular weight is 461 g/mol. The second-order valence-corrected chi connectivity index (χ2v) is 8.91. The first-order valence-electron chi connectivity index (χ1n) is 11.2. The van der Waals surface area contributed by atoms with Crippen molar-refractivity contribution in [1.82, 2.24) is 9.55 Å². The molecule has 0 N–H and O–H groups in total. The van der Waals surface area contributed by atoms with Crippen LogP contribution in [0.1, 0.15) is 31.2 Å². The Morgan fingerprint density at radius 3 is 2.52 bits per heavy atom. The van der Waals surface area contributed by atoms with Crippen molar-refractivity contribution in [3.63, 3.8) is 0 Å². The summed E-state index contributed by atoms with van der Waals surface area (Å²) in [4.78, 5) is 17.3. The lowest BCUT2D eigenvalue weighted by atomic mass is 10.2. The molecule has 0 radical (unpaired) electrons. The van der Waals surface area contributed by atoms with Gasteiger partial charge in [0.15, 0.2) is 5.16 Å². The second-order valence-electron chi connectivity index (χ2n) is 7.87. The highest BCUT2D eigenvalue weighted by Gasteiger charge is 2.15. The first-order valence-corrected chi connectivity index (χ1v) is 12.0. The fourth-order valence-corrected chi connectivity index (χ4v) is 4.51. The summed E-state index contributed by atoms with van der Waals surface area (Å²) in [6.45, 7) is 2.70. The van der Waals surface area contributed by atoms with Crippen LogP contribution in [0, 0.1) is 6.92 Å². The van der Waals surface area contributed by atoms with E-state index in [0.29, 0.717) is 13.0 Å². The zero-order valence-electron chi connectivity index (χ0n) is 19.0. The van der Waals surface area contributed by atoms with Gasteiger partial charge in [-0.1, -0.05) is 47.7 Å². The smallest absolute Gasteiger partial charge is 0.305 e. The number of carbonyl (C=O) groups excluding carboxylic acids is 1. The van der Waals surface area contributed by atoms with Gasteiger partial charge in [-0.25, -0.2) is 4.98 Å². The first-order chi connectivity index (χ1) is 16.1. The number of rotatable bonds is 10. The Morgan fingerprint density at radius 1 is 0.970 bits per heavy atom. The molecule has 0 saturated carbocycles. The third-order valence-electron chi connectivity index (χ3n) is 5.36. The van der Waals surface area contributed by atoms with Crippen molar-refractivity contribution in [3.8, 4) is 11.4 Å². The molecule has 0 aliphatic carbocycles. The Labute approximate surface area is 198 Å². The predicted octanol–water partition coefficient (Wildman–Crippen LogP) is 6.60. The van der Waals surface area contributed by atoms with E-state index < -0.39 is 0 Å². The van der Waals surface area contributed by atoms with Crippen LogP contribution >= 0.6 is 11.8 Å². The molecular formula is C27H28N2O3S. The summed E-state index contributed by atoms with van der Waals surface area (Å²) in [6, 6.07) is 24.8. The molecule has 5 nitrogen and oxygen atoms in total. The minimum atomic E-state index is -0.157. The SMILES string of the molecule is COC(=O)CCCCCOc1ccc2nc(Sc3ccccc3)n(-c3ccc(C)cc3)c2c1. The molecule has 0 fully saturated rings. The van der Waals surface area contributed by atoms with Crippen molar-refractivity contribution in [2.45, 2.75) is 42.7 Å². The van der Waals surface area contributed by atoms with Gasteiger partial charge in [-0.2, -0.15) is 0 Å². The zero-order chi connectivity index (χ0) is 23.0. The van der Waals surface area contributed by atoms with Crippen LogP contribution in [0.5, 0.6) is 5.75 Å². The molecular weight excluding hydrogens is 432 g/mol. The number of hydrogen-bond acceptors (Lipinski definition) is 5. The number of ether oxygens (including phenoxy) is 2. The number of fused-ring (bicyclic) bond motifs is 1. The van der Waals surface area contributed by atoms with Gasteiger partial charge in [-0.3, -0.25) is 9.36 Å². The number of imidazole rings is 1. The molecule has 0 amide bonds. The van der Waals surface area contributed by atoms with E-state index in [4.69, 9.17) is 9.72 Å². The van der Waals surface area contributed by atoms with Crippen LogP contribution in [0.2, 0.25) is 0 Å². The van der Waals surface area contributed by atoms with Gasteiger partial charge in [-0.05, 0) is 62.6 Å². The molecule has 33 heavy (non-hydrogen) atoms. The topological polar surface area (TPSA) is 53.4 Å². The summed E-state index contributed by atoms with van der Waals surface area (Å²) in [5.41, 5.74) is 4.23. The number of aromatic nitrogens is 2. The first kappa shape index (κ1) is 22.9. The molecule has 0 atom stereocenters. The Morgan fingerprint density at radius 2 is 1.76 bits per heavy atom. The summed E-state index contributed by atoms with van der Waals surface area (Å²) in [6.07, 6.45) is 3.09. The lowest BCUT2D eigenvalue weighted by molar-refractivity contribution is -0.140. The molecule has 0 aliphatic rings. The van der Waals surface area contributed by atoms with Crippen LogP contribution in [0.25, 0.3) is 16.7 Å². The van der Waals surface area contributed by atoms with Crippen molar-refractivity contribution in [1.29, 1.82) is 0 Å². The molecule has 4 rings (SSSR count). The summed E-state index contributed by atoms with van der Waals surface area (Å²) >= 11 is 1.65. The van der Waals surface area contributed by atoms with Gasteiger partial charge in [0.05, 0.1) is 24.8 Å². The van der Waals surface area contributed by atoms with E-state index in [1.54, 1.807) is 11.8 Å². The van der Waals surface area contributed by atoms with E-state index in [1.165, 1.54) is 12.7 Å². The molecule has 4 aromatic rings. The van der Waals surface area contributed by atoms with Gasteiger partial charge in [0.1, 0.15) is 5.75 Å². The van der Waals surface area contributed by atoms with Crippen molar-refractivity contribution in [2.75, 3.05) is 13.7 Å². The van der Waals surface area contributed by atoms with Crippen LogP contribution in [0.3, 0.4) is 0 Å². The van der Waals surface area contributed by atoms with E-state index in [-0.39, 0.29) is 5.97 Å². The number of carbonyl (C=O) groups is 1. The second kappa shape index (κ2) is 11.1. The van der Waals surface area contributed by atoms with E-state index in [1.807, 2.05) is 30.3 Å². The Kier molecular flexibility index (Phi) is 7.68. The van der Waals surface area contributed by atoms with E-state index in [0.717, 1.165) is 51.8 Å². The fraction of sp³-hybridized carbons (Fsp3) is 0.259. The van der Waals surface area contributed by atoms with Gasteiger partial charge < -0.3 is 9.47 Å². The predicted molar refractivity (Wildman–Crippen MR) is 132 cm³/mol. The maximum Gasteiger partial charge on any atom is 0.305 e. The largest absolute Gasteiger partial charge is 0.494 e. The summed E-state index contributed by atoms with van der Waals surface area (Å²) in [5.74, 6) is 0.662. The van der Waals surface area contributed by atoms with Crippen LogP contribution in [0.4, 0.5) is 0 Å². The highest BCUT2D eigenvalue weighted by atomic mass is 32.2. The molecule has 1 aromatic heterocycles. The van der Waals surface area contributed by atoms with E-state index in [2.05, 4.69) is 58.7 Å². The number of unbranched alkanes of at least 4 members (excludes halogenated alkanes) is 2. The molecule has 1 heterocycles. The number of benzene rings is 3. The summed E-state index contributed by atoms with van der Waals surface area (Å²) in [7, 11) is 1.42. The van der Waals surface area contributed by atoms with Gasteiger partial charge in [0.25, 0.3) is 0 Å². The van der Waals surface area contributed by atoms with E-state index >= 15 is 0 Å². The molecule has 0 aliphatic heterocycles. The average Bonchev–Trinajstić information content (AvgIpc) is 3.19. The van der Waals surface area contributed by atoms with Crippen LogP contribution < -0.4 is 4.74 Å². The fourth-order valence-electron chi connectivity index (χ4n) is 3.57. The molecule has 0 unspecified atom stereocenters. The third-order valence-corrected chi connectivity index (χ3v) is 6.33. The highest BCUT2D eigenvalue weighted by molar-refractivity contribution is 7.99. The molecule has 6 heteroatoms. The van der Waals surface area contributed by atoms with Crippen LogP contribution in [0.15, 0.2) is 82.8 Å². The monoisotopic (exact) mass is 460 g/mol. The number of nitrogens with zero attached hydrogens (tertiary/aromatic N) is 2. The van der Waals surface area contributed by atoms with Crippen LogP contribution in [-0.2, 0) is 9.53 Å². The third kappa shape index (κ3) is 5.96. The number of aryl methyl sites for hydroxylation is 1. The van der Waals surface area contributed by atoms with Crippen molar-refractivity contribution in [3.05, 3.63) is 78.4 Å². The molecule has 0 saturated heterocycles. The van der Waals surface area contributed by atoms with Crippen molar-refractivity contribution < 1.29 is 14.3 Å². The zero-order valence-corrected chi connectivity index (χ0v) is 19.8. The standard InChI is InChI=1S/C27H28N2O3S/c1-20-12-14-21(15-13-20)29-25-19-22(32-18-8-4-7-11-26(30)31-2)16-17-24(25)28-27(29)33-23-9-5-3-6-10-23/h3,5-6,9-10,12-17,19H,4,7-8,11,18H2,1-2H3. The van der Waals surface area contributed by atoms with Gasteiger partial charge in [0, 0.05) is 23.1 Å². The van der Waals surface area contributed by atoms with Gasteiger partial charge in [0.2, 0.25) is 0 Å².